The number of carbonyl (C=O) groups is 2. The molecule has 164 valence electrons. The molecule has 0 unspecified atom stereocenters. The molecule has 1 aromatic carbocycles. The minimum Gasteiger partial charge on any atom is -0.378 e. The minimum absolute atomic E-state index is 0.0378. The minimum atomic E-state index is -0.250. The molecule has 0 saturated carbocycles. The van der Waals surface area contributed by atoms with Crippen LogP contribution in [-0.4, -0.2) is 71.4 Å². The van der Waals surface area contributed by atoms with E-state index in [0.717, 1.165) is 28.3 Å². The average Bonchev–Trinajstić information content (AvgIpc) is 2.79. The van der Waals surface area contributed by atoms with Gasteiger partial charge in [-0.15, -0.1) is 0 Å². The molecule has 1 fully saturated rings. The van der Waals surface area contributed by atoms with Gasteiger partial charge in [0, 0.05) is 76.3 Å². The maximum Gasteiger partial charge on any atom is 0.263 e. The normalized spacial score (nSPS) is 16.1. The van der Waals surface area contributed by atoms with Crippen LogP contribution < -0.4 is 10.5 Å². The molecule has 1 saturated heterocycles. The van der Waals surface area contributed by atoms with Gasteiger partial charge in [0.2, 0.25) is 0 Å². The number of thioether (sulfide) groups is 1. The molecule has 2 aliphatic heterocycles. The van der Waals surface area contributed by atoms with Crippen molar-refractivity contribution in [3.63, 3.8) is 0 Å². The Bertz CT molecular complexity index is 1070. The van der Waals surface area contributed by atoms with Crippen molar-refractivity contribution < 1.29 is 9.59 Å². The molecule has 3 heterocycles. The van der Waals surface area contributed by atoms with Gasteiger partial charge in [0.05, 0.1) is 0 Å². The molecular weight excluding hydrogens is 412 g/mol. The smallest absolute Gasteiger partial charge is 0.263 e. The number of benzene rings is 1. The largest absolute Gasteiger partial charge is 0.378 e. The molecule has 0 aliphatic carbocycles. The van der Waals surface area contributed by atoms with E-state index in [1.165, 1.54) is 4.57 Å². The van der Waals surface area contributed by atoms with Gasteiger partial charge >= 0.3 is 0 Å². The van der Waals surface area contributed by atoms with E-state index < -0.39 is 0 Å². The molecule has 2 aliphatic rings. The van der Waals surface area contributed by atoms with E-state index in [-0.39, 0.29) is 22.9 Å². The van der Waals surface area contributed by atoms with Crippen LogP contribution in [0.5, 0.6) is 0 Å². The Kier molecular flexibility index (Phi) is 6.09. The van der Waals surface area contributed by atoms with Crippen LogP contribution in [0, 0.1) is 0 Å². The van der Waals surface area contributed by atoms with Crippen molar-refractivity contribution in [2.45, 2.75) is 13.0 Å². The van der Waals surface area contributed by atoms with Crippen LogP contribution in [0.25, 0.3) is 0 Å². The second-order valence-electron chi connectivity index (χ2n) is 8.25. The van der Waals surface area contributed by atoms with E-state index >= 15 is 0 Å². The van der Waals surface area contributed by atoms with Gasteiger partial charge < -0.3 is 19.3 Å². The average molecular weight is 441 g/mol. The van der Waals surface area contributed by atoms with E-state index in [1.807, 2.05) is 55.0 Å². The van der Waals surface area contributed by atoms with Crippen molar-refractivity contribution in [3.8, 4) is 0 Å². The molecule has 2 aromatic rings. The molecule has 7 nitrogen and oxygen atoms in total. The third kappa shape index (κ3) is 4.21. The van der Waals surface area contributed by atoms with Crippen LogP contribution in [0.3, 0.4) is 0 Å². The fraction of sp³-hybridized carbons (Fsp3) is 0.435. The van der Waals surface area contributed by atoms with Crippen LogP contribution in [0.4, 0.5) is 5.69 Å². The van der Waals surface area contributed by atoms with Crippen LogP contribution in [0.1, 0.15) is 31.8 Å². The Morgan fingerprint density at radius 2 is 1.77 bits per heavy atom. The monoisotopic (exact) mass is 440 g/mol. The predicted octanol–water partition coefficient (Wildman–Crippen LogP) is 1.84. The van der Waals surface area contributed by atoms with Gasteiger partial charge in [-0.25, -0.2) is 0 Å². The molecule has 0 spiro atoms. The van der Waals surface area contributed by atoms with E-state index in [0.29, 0.717) is 38.2 Å². The van der Waals surface area contributed by atoms with Crippen molar-refractivity contribution in [2.24, 2.45) is 7.05 Å². The van der Waals surface area contributed by atoms with Crippen molar-refractivity contribution in [2.75, 3.05) is 50.1 Å². The molecule has 31 heavy (non-hydrogen) atoms. The number of anilines is 1. The molecular formula is C23H28N4O3S. The number of amides is 2. The van der Waals surface area contributed by atoms with Gasteiger partial charge in [0.15, 0.2) is 0 Å². The number of hydrogen-bond acceptors (Lipinski definition) is 5. The fourth-order valence-electron chi connectivity index (χ4n) is 4.21. The number of carbonyl (C=O) groups excluding carboxylic acids is 2. The van der Waals surface area contributed by atoms with E-state index in [2.05, 4.69) is 0 Å². The number of rotatable bonds is 3. The Morgan fingerprint density at radius 3 is 2.48 bits per heavy atom. The van der Waals surface area contributed by atoms with Crippen LogP contribution in [-0.2, 0) is 20.0 Å². The highest BCUT2D eigenvalue weighted by Crippen LogP contribution is 2.24. The first-order valence-corrected chi connectivity index (χ1v) is 11.7. The summed E-state index contributed by atoms with van der Waals surface area (Å²) in [5, 5.41) is 0. The quantitative estimate of drug-likeness (QED) is 0.729. The summed E-state index contributed by atoms with van der Waals surface area (Å²) in [6.07, 6.45) is 2.28. The number of hydrogen-bond donors (Lipinski definition) is 0. The first kappa shape index (κ1) is 21.5. The summed E-state index contributed by atoms with van der Waals surface area (Å²) >= 11 is 1.83. The Labute approximate surface area is 186 Å². The zero-order valence-corrected chi connectivity index (χ0v) is 19.1. The Balaban J connectivity index is 1.63. The van der Waals surface area contributed by atoms with Gasteiger partial charge in [0.1, 0.15) is 5.56 Å². The lowest BCUT2D eigenvalue weighted by Gasteiger charge is -2.32. The molecule has 0 atom stereocenters. The van der Waals surface area contributed by atoms with Crippen LogP contribution >= 0.6 is 11.8 Å². The summed E-state index contributed by atoms with van der Waals surface area (Å²) in [5.74, 6) is 1.59. The summed E-state index contributed by atoms with van der Waals surface area (Å²) in [4.78, 5) is 44.8. The lowest BCUT2D eigenvalue weighted by Crippen LogP contribution is -2.44. The summed E-state index contributed by atoms with van der Waals surface area (Å²) in [5.41, 5.74) is 3.33. The van der Waals surface area contributed by atoms with Gasteiger partial charge in [-0.3, -0.25) is 14.4 Å². The second kappa shape index (κ2) is 8.78. The molecule has 1 aromatic heterocycles. The lowest BCUT2D eigenvalue weighted by molar-refractivity contribution is 0.0732. The molecule has 8 heteroatoms. The summed E-state index contributed by atoms with van der Waals surface area (Å²) in [6, 6.07) is 7.57. The standard InChI is InChI=1S/C23H28N4O3S/c1-24(2)18-6-4-5-16(13-18)21(28)27-8-7-19-17(15-27)14-25(3)22(29)20(19)23(30)26-9-11-31-12-10-26/h4-6,13-14H,7-12,15H2,1-3H3. The third-order valence-corrected chi connectivity index (χ3v) is 6.92. The molecule has 0 N–H and O–H groups in total. The highest BCUT2D eigenvalue weighted by molar-refractivity contribution is 7.99. The summed E-state index contributed by atoms with van der Waals surface area (Å²) in [6.45, 7) is 2.22. The van der Waals surface area contributed by atoms with Crippen molar-refractivity contribution in [1.29, 1.82) is 0 Å². The lowest BCUT2D eigenvalue weighted by atomic mass is 9.95. The molecule has 4 rings (SSSR count). The van der Waals surface area contributed by atoms with Crippen molar-refractivity contribution >= 4 is 29.3 Å². The Hall–Kier alpha value is -2.74. The van der Waals surface area contributed by atoms with Crippen LogP contribution in [0.15, 0.2) is 35.3 Å². The summed E-state index contributed by atoms with van der Waals surface area (Å²) in [7, 11) is 5.56. The van der Waals surface area contributed by atoms with Crippen LogP contribution in [0.2, 0.25) is 0 Å². The first-order valence-electron chi connectivity index (χ1n) is 10.5. The maximum absolute atomic E-state index is 13.2. The van der Waals surface area contributed by atoms with E-state index in [9.17, 15) is 14.4 Å². The molecule has 0 bridgehead atoms. The topological polar surface area (TPSA) is 65.9 Å². The number of fused-ring (bicyclic) bond motifs is 1. The highest BCUT2D eigenvalue weighted by Gasteiger charge is 2.30. The van der Waals surface area contributed by atoms with Gasteiger partial charge in [-0.05, 0) is 35.7 Å². The number of pyridine rings is 1. The zero-order chi connectivity index (χ0) is 22.1. The molecule has 2 amide bonds. The maximum atomic E-state index is 13.2. The zero-order valence-electron chi connectivity index (χ0n) is 18.3. The van der Waals surface area contributed by atoms with Gasteiger partial charge in [-0.2, -0.15) is 11.8 Å². The number of aryl methyl sites for hydroxylation is 1. The van der Waals surface area contributed by atoms with Gasteiger partial charge in [0.25, 0.3) is 17.4 Å². The third-order valence-electron chi connectivity index (χ3n) is 5.97. The highest BCUT2D eigenvalue weighted by atomic mass is 32.2. The SMILES string of the molecule is CN(C)c1cccc(C(=O)N2CCc3c(cn(C)c(=O)c3C(=O)N3CCSCC3)C2)c1. The first-order chi connectivity index (χ1) is 14.9. The van der Waals surface area contributed by atoms with Gasteiger partial charge in [-0.1, -0.05) is 6.07 Å². The second-order valence-corrected chi connectivity index (χ2v) is 9.47. The predicted molar refractivity (Wildman–Crippen MR) is 124 cm³/mol. The Morgan fingerprint density at radius 1 is 1.03 bits per heavy atom. The van der Waals surface area contributed by atoms with E-state index in [1.54, 1.807) is 23.0 Å². The van der Waals surface area contributed by atoms with E-state index in [4.69, 9.17) is 0 Å². The van der Waals surface area contributed by atoms with Crippen molar-refractivity contribution in [1.82, 2.24) is 14.4 Å². The van der Waals surface area contributed by atoms with Crippen molar-refractivity contribution in [3.05, 3.63) is 63.1 Å². The molecule has 0 radical (unpaired) electrons. The number of nitrogens with zero attached hydrogens (tertiary/aromatic N) is 4. The summed E-state index contributed by atoms with van der Waals surface area (Å²) < 4.78 is 1.48. The fourth-order valence-corrected chi connectivity index (χ4v) is 5.11. The number of aromatic nitrogens is 1.